The molecular weight excluding hydrogens is 269 g/mol. The van der Waals surface area contributed by atoms with Crippen LogP contribution in [0.25, 0.3) is 0 Å². The van der Waals surface area contributed by atoms with Crippen molar-refractivity contribution in [1.29, 1.82) is 0 Å². The first-order valence-electron chi connectivity index (χ1n) is 5.75. The maximum Gasteiger partial charge on any atom is 0.251 e. The average molecular weight is 284 g/mol. The normalized spacial score (nSPS) is 9.74. The lowest BCUT2D eigenvalue weighted by molar-refractivity contribution is 0.0952. The van der Waals surface area contributed by atoms with E-state index < -0.39 is 5.82 Å². The van der Waals surface area contributed by atoms with Crippen molar-refractivity contribution in [2.75, 3.05) is 6.54 Å². The van der Waals surface area contributed by atoms with Crippen LogP contribution < -0.4 is 5.32 Å². The number of amides is 1. The third-order valence-electron chi connectivity index (χ3n) is 2.52. The second kappa shape index (κ2) is 7.53. The number of benzene rings is 1. The predicted molar refractivity (Wildman–Crippen MR) is 72.8 cm³/mol. The van der Waals surface area contributed by atoms with Crippen LogP contribution in [0.15, 0.2) is 43.0 Å². The minimum Gasteiger partial charge on any atom is -0.352 e. The highest BCUT2D eigenvalue weighted by Crippen LogP contribution is 2.03. The van der Waals surface area contributed by atoms with Crippen molar-refractivity contribution in [3.05, 3.63) is 54.4 Å². The minimum absolute atomic E-state index is 0. The fraction of sp³-hybridized carbons (Fsp3) is 0.231. The standard InChI is InChI=1S/C13H14FN3O.ClH/c14-12-4-1-3-11(9-12)13(18)16-5-2-7-17-8-6-15-10-17;/h1,3-4,6,8-10H,2,5,7H2,(H,16,18);1H. The number of carbonyl (C=O) groups excluding carboxylic acids is 1. The molecule has 1 heterocycles. The van der Waals surface area contributed by atoms with E-state index in [1.54, 1.807) is 18.6 Å². The van der Waals surface area contributed by atoms with Gasteiger partial charge < -0.3 is 9.88 Å². The van der Waals surface area contributed by atoms with Crippen LogP contribution in [0, 0.1) is 5.82 Å². The average Bonchev–Trinajstić information content (AvgIpc) is 2.87. The molecule has 0 aliphatic carbocycles. The Labute approximate surface area is 117 Å². The largest absolute Gasteiger partial charge is 0.352 e. The van der Waals surface area contributed by atoms with Gasteiger partial charge in [-0.15, -0.1) is 12.4 Å². The lowest BCUT2D eigenvalue weighted by atomic mass is 10.2. The summed E-state index contributed by atoms with van der Waals surface area (Å²) in [6.45, 7) is 1.34. The van der Waals surface area contributed by atoms with E-state index in [0.29, 0.717) is 12.1 Å². The Balaban J connectivity index is 0.00000180. The van der Waals surface area contributed by atoms with Gasteiger partial charge in [-0.1, -0.05) is 6.07 Å². The molecule has 6 heteroatoms. The summed E-state index contributed by atoms with van der Waals surface area (Å²) in [5.74, 6) is -0.652. The number of aryl methyl sites for hydroxylation is 1. The summed E-state index contributed by atoms with van der Waals surface area (Å²) in [6.07, 6.45) is 6.12. The highest BCUT2D eigenvalue weighted by molar-refractivity contribution is 5.94. The van der Waals surface area contributed by atoms with Crippen LogP contribution in [-0.4, -0.2) is 22.0 Å². The van der Waals surface area contributed by atoms with E-state index in [-0.39, 0.29) is 18.3 Å². The van der Waals surface area contributed by atoms with E-state index in [9.17, 15) is 9.18 Å². The summed E-state index contributed by atoms with van der Waals surface area (Å²) in [4.78, 5) is 15.6. The number of carbonyl (C=O) groups is 1. The van der Waals surface area contributed by atoms with E-state index in [1.807, 2.05) is 10.8 Å². The first kappa shape index (κ1) is 15.2. The van der Waals surface area contributed by atoms with Gasteiger partial charge in [0.1, 0.15) is 5.82 Å². The molecule has 2 rings (SSSR count). The number of imidazole rings is 1. The van der Waals surface area contributed by atoms with Gasteiger partial charge in [0.05, 0.1) is 6.33 Å². The minimum atomic E-state index is -0.402. The molecule has 1 amide bonds. The molecular formula is C13H15ClFN3O. The molecule has 1 N–H and O–H groups in total. The van der Waals surface area contributed by atoms with Gasteiger partial charge in [0.25, 0.3) is 5.91 Å². The molecule has 1 aromatic heterocycles. The second-order valence-corrected chi connectivity index (χ2v) is 3.92. The molecule has 19 heavy (non-hydrogen) atoms. The van der Waals surface area contributed by atoms with Crippen molar-refractivity contribution in [2.45, 2.75) is 13.0 Å². The SMILES string of the molecule is Cl.O=C(NCCCn1ccnc1)c1cccc(F)c1. The van der Waals surface area contributed by atoms with E-state index in [2.05, 4.69) is 10.3 Å². The number of nitrogens with zero attached hydrogens (tertiary/aromatic N) is 2. The van der Waals surface area contributed by atoms with E-state index in [0.717, 1.165) is 13.0 Å². The number of aromatic nitrogens is 2. The smallest absolute Gasteiger partial charge is 0.251 e. The first-order valence-corrected chi connectivity index (χ1v) is 5.75. The van der Waals surface area contributed by atoms with Gasteiger partial charge in [-0.25, -0.2) is 9.37 Å². The number of nitrogens with one attached hydrogen (secondary N) is 1. The number of halogens is 2. The predicted octanol–water partition coefficient (Wildman–Crippen LogP) is 2.26. The molecule has 2 aromatic rings. The van der Waals surface area contributed by atoms with Crippen LogP contribution in [0.3, 0.4) is 0 Å². The third kappa shape index (κ3) is 4.71. The van der Waals surface area contributed by atoms with E-state index in [1.165, 1.54) is 18.2 Å². The monoisotopic (exact) mass is 283 g/mol. The van der Waals surface area contributed by atoms with Gasteiger partial charge in [-0.05, 0) is 24.6 Å². The molecule has 0 fully saturated rings. The van der Waals surface area contributed by atoms with Crippen LogP contribution in [0.4, 0.5) is 4.39 Å². The van der Waals surface area contributed by atoms with Crippen LogP contribution in [-0.2, 0) is 6.54 Å². The summed E-state index contributed by atoms with van der Waals surface area (Å²) < 4.78 is 14.9. The Morgan fingerprint density at radius 3 is 2.95 bits per heavy atom. The highest BCUT2D eigenvalue weighted by atomic mass is 35.5. The maximum atomic E-state index is 12.9. The maximum absolute atomic E-state index is 12.9. The zero-order chi connectivity index (χ0) is 12.8. The Morgan fingerprint density at radius 1 is 1.42 bits per heavy atom. The second-order valence-electron chi connectivity index (χ2n) is 3.92. The Kier molecular flexibility index (Phi) is 6.02. The van der Waals surface area contributed by atoms with Gasteiger partial charge in [-0.2, -0.15) is 0 Å². The molecule has 4 nitrogen and oxygen atoms in total. The molecule has 1 aromatic carbocycles. The van der Waals surface area contributed by atoms with Crippen molar-refractivity contribution in [3.63, 3.8) is 0 Å². The third-order valence-corrected chi connectivity index (χ3v) is 2.52. The molecule has 0 saturated carbocycles. The van der Waals surface area contributed by atoms with Gasteiger partial charge in [-0.3, -0.25) is 4.79 Å². The van der Waals surface area contributed by atoms with Gasteiger partial charge in [0.2, 0.25) is 0 Å². The zero-order valence-corrected chi connectivity index (χ0v) is 11.1. The Morgan fingerprint density at radius 2 is 2.26 bits per heavy atom. The van der Waals surface area contributed by atoms with Gasteiger partial charge >= 0.3 is 0 Å². The molecule has 0 saturated heterocycles. The zero-order valence-electron chi connectivity index (χ0n) is 10.3. The summed E-state index contributed by atoms with van der Waals surface area (Å²) in [7, 11) is 0. The summed E-state index contributed by atoms with van der Waals surface area (Å²) >= 11 is 0. The molecule has 0 atom stereocenters. The van der Waals surface area contributed by atoms with Gasteiger partial charge in [0, 0.05) is 31.0 Å². The van der Waals surface area contributed by atoms with Crippen molar-refractivity contribution >= 4 is 18.3 Å². The Hall–Kier alpha value is -1.88. The molecule has 102 valence electrons. The lowest BCUT2D eigenvalue weighted by Crippen LogP contribution is -2.25. The fourth-order valence-corrected chi connectivity index (χ4v) is 1.61. The van der Waals surface area contributed by atoms with Crippen molar-refractivity contribution in [2.24, 2.45) is 0 Å². The van der Waals surface area contributed by atoms with Crippen molar-refractivity contribution < 1.29 is 9.18 Å². The van der Waals surface area contributed by atoms with E-state index >= 15 is 0 Å². The van der Waals surface area contributed by atoms with Gasteiger partial charge in [0.15, 0.2) is 0 Å². The van der Waals surface area contributed by atoms with Crippen LogP contribution in [0.5, 0.6) is 0 Å². The number of rotatable bonds is 5. The molecule has 0 aliphatic rings. The molecule has 0 spiro atoms. The van der Waals surface area contributed by atoms with Crippen molar-refractivity contribution in [3.8, 4) is 0 Å². The summed E-state index contributed by atoms with van der Waals surface area (Å²) in [6, 6.07) is 5.66. The lowest BCUT2D eigenvalue weighted by Gasteiger charge is -2.05. The van der Waals surface area contributed by atoms with Crippen LogP contribution in [0.1, 0.15) is 16.8 Å². The fourth-order valence-electron chi connectivity index (χ4n) is 1.61. The van der Waals surface area contributed by atoms with E-state index in [4.69, 9.17) is 0 Å². The molecule has 0 aliphatic heterocycles. The molecule has 0 unspecified atom stereocenters. The first-order chi connectivity index (χ1) is 8.75. The summed E-state index contributed by atoms with van der Waals surface area (Å²) in [5.41, 5.74) is 0.345. The number of hydrogen-bond donors (Lipinski definition) is 1. The van der Waals surface area contributed by atoms with Crippen LogP contribution >= 0.6 is 12.4 Å². The topological polar surface area (TPSA) is 46.9 Å². The van der Waals surface area contributed by atoms with Crippen LogP contribution in [0.2, 0.25) is 0 Å². The highest BCUT2D eigenvalue weighted by Gasteiger charge is 2.05. The molecule has 0 radical (unpaired) electrons. The summed E-state index contributed by atoms with van der Waals surface area (Å²) in [5, 5.41) is 2.75. The van der Waals surface area contributed by atoms with Crippen molar-refractivity contribution in [1.82, 2.24) is 14.9 Å². The Bertz CT molecular complexity index is 516. The number of hydrogen-bond acceptors (Lipinski definition) is 2. The quantitative estimate of drug-likeness (QED) is 0.856. The molecule has 0 bridgehead atoms.